The number of hydrogen-bond acceptors (Lipinski definition) is 7. The van der Waals surface area contributed by atoms with E-state index in [2.05, 4.69) is 10.2 Å². The third-order valence-corrected chi connectivity index (χ3v) is 5.79. The van der Waals surface area contributed by atoms with Gasteiger partial charge in [0, 0.05) is 50.7 Å². The molecule has 1 fully saturated rings. The lowest BCUT2D eigenvalue weighted by Crippen LogP contribution is -2.49. The third kappa shape index (κ3) is 5.58. The fourth-order valence-electron chi connectivity index (χ4n) is 3.85. The van der Waals surface area contributed by atoms with E-state index in [1.165, 1.54) is 0 Å². The number of piperazine rings is 1. The van der Waals surface area contributed by atoms with Crippen molar-refractivity contribution < 1.29 is 27.3 Å². The van der Waals surface area contributed by atoms with Crippen LogP contribution in [0, 0.1) is 17.0 Å². The average Bonchev–Trinajstić information content (AvgIpc) is 3.31. The van der Waals surface area contributed by atoms with E-state index in [4.69, 9.17) is 4.42 Å². The number of halogens is 3. The zero-order chi connectivity index (χ0) is 25.2. The summed E-state index contributed by atoms with van der Waals surface area (Å²) in [5.74, 6) is 0.578. The van der Waals surface area contributed by atoms with E-state index in [9.17, 15) is 28.1 Å². The molecule has 0 bridgehead atoms. The summed E-state index contributed by atoms with van der Waals surface area (Å²) in [5, 5.41) is 19.4. The maximum Gasteiger partial charge on any atom is 0.416 e. The summed E-state index contributed by atoms with van der Waals surface area (Å²) < 4.78 is 44.5. The molecule has 0 atom stereocenters. The van der Waals surface area contributed by atoms with E-state index in [1.807, 2.05) is 31.2 Å². The maximum absolute atomic E-state index is 12.9. The second-order valence-electron chi connectivity index (χ2n) is 8.19. The first-order valence-electron chi connectivity index (χ1n) is 10.9. The summed E-state index contributed by atoms with van der Waals surface area (Å²) in [6.07, 6.45) is -4.26. The Balaban J connectivity index is 1.33. The largest absolute Gasteiger partial charge is 0.421 e. The third-order valence-electron chi connectivity index (χ3n) is 5.79. The standard InChI is InChI=1S/C23H22F3N5O4/c1-15-2-4-16(5-3-15)22-28-27-20(35-22)8-9-21(32)30-12-10-29(11-13-30)18-7-6-17(23(24,25)26)14-19(18)31(33)34/h2-7,14H,8-13H2,1H3. The summed E-state index contributed by atoms with van der Waals surface area (Å²) in [7, 11) is 0. The maximum atomic E-state index is 12.9. The number of alkyl halides is 3. The van der Waals surface area contributed by atoms with Gasteiger partial charge in [-0.05, 0) is 31.2 Å². The number of carbonyl (C=O) groups excluding carboxylic acids is 1. The van der Waals surface area contributed by atoms with Crippen LogP contribution in [0.1, 0.15) is 23.4 Å². The lowest BCUT2D eigenvalue weighted by molar-refractivity contribution is -0.384. The Morgan fingerprint density at radius 2 is 1.77 bits per heavy atom. The molecule has 9 nitrogen and oxygen atoms in total. The Morgan fingerprint density at radius 1 is 1.09 bits per heavy atom. The van der Waals surface area contributed by atoms with Crippen LogP contribution >= 0.6 is 0 Å². The molecule has 1 aliphatic heterocycles. The Hall–Kier alpha value is -3.96. The summed E-state index contributed by atoms with van der Waals surface area (Å²) in [4.78, 5) is 26.4. The molecule has 3 aromatic rings. The second kappa shape index (κ2) is 9.72. The van der Waals surface area contributed by atoms with Crippen LogP contribution in [0.2, 0.25) is 0 Å². The van der Waals surface area contributed by atoms with Crippen LogP contribution in [-0.4, -0.2) is 52.1 Å². The van der Waals surface area contributed by atoms with Crippen molar-refractivity contribution in [3.05, 3.63) is 69.6 Å². The van der Waals surface area contributed by atoms with Gasteiger partial charge < -0.3 is 14.2 Å². The number of aromatic nitrogens is 2. The number of hydrogen-bond donors (Lipinski definition) is 0. The molecule has 0 aliphatic carbocycles. The van der Waals surface area contributed by atoms with Crippen LogP contribution in [0.15, 0.2) is 46.9 Å². The fourth-order valence-corrected chi connectivity index (χ4v) is 3.85. The highest BCUT2D eigenvalue weighted by Crippen LogP contribution is 2.36. The zero-order valence-corrected chi connectivity index (χ0v) is 18.8. The lowest BCUT2D eigenvalue weighted by atomic mass is 10.1. The van der Waals surface area contributed by atoms with Gasteiger partial charge in [-0.3, -0.25) is 14.9 Å². The highest BCUT2D eigenvalue weighted by molar-refractivity contribution is 5.77. The number of nitro benzene ring substituents is 1. The summed E-state index contributed by atoms with van der Waals surface area (Å²) in [6, 6.07) is 10.1. The summed E-state index contributed by atoms with van der Waals surface area (Å²) in [5.41, 5.74) is 0.305. The molecule has 0 spiro atoms. The molecule has 0 unspecified atom stereocenters. The lowest BCUT2D eigenvalue weighted by Gasteiger charge is -2.36. The van der Waals surface area contributed by atoms with E-state index in [-0.39, 0.29) is 50.6 Å². The van der Waals surface area contributed by atoms with Gasteiger partial charge in [-0.15, -0.1) is 10.2 Å². The van der Waals surface area contributed by atoms with Gasteiger partial charge >= 0.3 is 6.18 Å². The summed E-state index contributed by atoms with van der Waals surface area (Å²) >= 11 is 0. The number of amides is 1. The van der Waals surface area contributed by atoms with Gasteiger partial charge in [0.1, 0.15) is 5.69 Å². The molecule has 1 aromatic heterocycles. The molecule has 4 rings (SSSR count). The molecule has 35 heavy (non-hydrogen) atoms. The SMILES string of the molecule is Cc1ccc(-c2nnc(CCC(=O)N3CCN(c4ccc(C(F)(F)F)cc4[N+](=O)[O-])CC3)o2)cc1. The Bertz CT molecular complexity index is 1220. The van der Waals surface area contributed by atoms with Gasteiger partial charge in [-0.2, -0.15) is 13.2 Å². The molecular weight excluding hydrogens is 467 g/mol. The van der Waals surface area contributed by atoms with E-state index < -0.39 is 22.4 Å². The normalized spacial score (nSPS) is 14.3. The van der Waals surface area contributed by atoms with Gasteiger partial charge in [0.15, 0.2) is 0 Å². The zero-order valence-electron chi connectivity index (χ0n) is 18.8. The molecule has 0 saturated carbocycles. The van der Waals surface area contributed by atoms with Gasteiger partial charge in [0.05, 0.1) is 10.5 Å². The first-order valence-corrected chi connectivity index (χ1v) is 10.9. The first-order chi connectivity index (χ1) is 16.6. The quantitative estimate of drug-likeness (QED) is 0.376. The van der Waals surface area contributed by atoms with Crippen molar-refractivity contribution in [2.75, 3.05) is 31.1 Å². The minimum Gasteiger partial charge on any atom is -0.421 e. The van der Waals surface area contributed by atoms with Crippen LogP contribution < -0.4 is 4.90 Å². The van der Waals surface area contributed by atoms with Crippen molar-refractivity contribution in [3.63, 3.8) is 0 Å². The minimum atomic E-state index is -4.67. The number of nitrogens with zero attached hydrogens (tertiary/aromatic N) is 5. The van der Waals surface area contributed by atoms with Crippen LogP contribution in [0.3, 0.4) is 0 Å². The fraction of sp³-hybridized carbons (Fsp3) is 0.348. The highest BCUT2D eigenvalue weighted by Gasteiger charge is 2.34. The molecule has 2 aromatic carbocycles. The molecular formula is C23H22F3N5O4. The Kier molecular flexibility index (Phi) is 6.72. The molecule has 0 radical (unpaired) electrons. The number of nitro groups is 1. The second-order valence-corrected chi connectivity index (χ2v) is 8.19. The summed E-state index contributed by atoms with van der Waals surface area (Å²) in [6.45, 7) is 3.07. The average molecular weight is 489 g/mol. The minimum absolute atomic E-state index is 0.101. The van der Waals surface area contributed by atoms with Gasteiger partial charge in [0.2, 0.25) is 17.7 Å². The molecule has 2 heterocycles. The first kappa shape index (κ1) is 24.2. The van der Waals surface area contributed by atoms with Gasteiger partial charge in [-0.1, -0.05) is 17.7 Å². The van der Waals surface area contributed by atoms with Crippen molar-refractivity contribution in [2.24, 2.45) is 0 Å². The Morgan fingerprint density at radius 3 is 2.40 bits per heavy atom. The number of aryl methyl sites for hydroxylation is 2. The van der Waals surface area contributed by atoms with E-state index >= 15 is 0 Å². The number of rotatable bonds is 6. The topological polar surface area (TPSA) is 106 Å². The molecule has 1 amide bonds. The van der Waals surface area contributed by atoms with Crippen molar-refractivity contribution >= 4 is 17.3 Å². The molecule has 1 saturated heterocycles. The predicted molar refractivity (Wildman–Crippen MR) is 120 cm³/mol. The van der Waals surface area contributed by atoms with Crippen molar-refractivity contribution in [1.82, 2.24) is 15.1 Å². The van der Waals surface area contributed by atoms with E-state index in [1.54, 1.807) is 9.80 Å². The molecule has 0 N–H and O–H groups in total. The van der Waals surface area contributed by atoms with E-state index in [0.717, 1.165) is 23.3 Å². The van der Waals surface area contributed by atoms with Crippen LogP contribution in [-0.2, 0) is 17.4 Å². The van der Waals surface area contributed by atoms with Crippen molar-refractivity contribution in [3.8, 4) is 11.5 Å². The van der Waals surface area contributed by atoms with E-state index in [0.29, 0.717) is 17.8 Å². The van der Waals surface area contributed by atoms with Crippen molar-refractivity contribution in [2.45, 2.75) is 25.9 Å². The molecule has 1 aliphatic rings. The van der Waals surface area contributed by atoms with Crippen LogP contribution in [0.5, 0.6) is 0 Å². The molecule has 12 heteroatoms. The number of benzene rings is 2. The Labute approximate surface area is 198 Å². The van der Waals surface area contributed by atoms with Gasteiger partial charge in [-0.25, -0.2) is 0 Å². The highest BCUT2D eigenvalue weighted by atomic mass is 19.4. The monoisotopic (exact) mass is 489 g/mol. The molecule has 184 valence electrons. The smallest absolute Gasteiger partial charge is 0.416 e. The number of anilines is 1. The predicted octanol–water partition coefficient (Wildman–Crippen LogP) is 4.25. The number of carbonyl (C=O) groups is 1. The van der Waals surface area contributed by atoms with Crippen molar-refractivity contribution in [1.29, 1.82) is 0 Å². The van der Waals surface area contributed by atoms with Crippen LogP contribution in [0.25, 0.3) is 11.5 Å². The van der Waals surface area contributed by atoms with Crippen LogP contribution in [0.4, 0.5) is 24.5 Å². The van der Waals surface area contributed by atoms with Gasteiger partial charge in [0.25, 0.3) is 5.69 Å².